The van der Waals surface area contributed by atoms with E-state index in [0.29, 0.717) is 5.56 Å². The average molecular weight is 387 g/mol. The molecule has 0 aromatic heterocycles. The summed E-state index contributed by atoms with van der Waals surface area (Å²) in [7, 11) is 3.88. The van der Waals surface area contributed by atoms with E-state index in [4.69, 9.17) is 4.74 Å². The number of carbonyl (C=O) groups excluding carboxylic acids is 1. The van der Waals surface area contributed by atoms with E-state index < -0.39 is 0 Å². The number of hydrogen-bond donors (Lipinski definition) is 1. The number of nitrogens with one attached hydrogen (secondary N) is 1. The van der Waals surface area contributed by atoms with Gasteiger partial charge >= 0.3 is 0 Å². The molecule has 0 heterocycles. The zero-order valence-corrected chi connectivity index (χ0v) is 15.3. The van der Waals surface area contributed by atoms with Gasteiger partial charge in [0.25, 0.3) is 5.91 Å². The number of hydrogen-bond acceptors (Lipinski definition) is 3. The first-order valence-electron chi connectivity index (χ1n) is 7.46. The molecule has 0 radical (unpaired) electrons. The molecule has 5 heteroatoms. The molecule has 4 nitrogen and oxygen atoms in total. The molecule has 0 bridgehead atoms. The molecule has 2 aromatic rings. The zero-order valence-electron chi connectivity index (χ0n) is 13.7. The predicted octanol–water partition coefficient (Wildman–Crippen LogP) is 3.33. The number of carbonyl (C=O) groups is 1. The number of benzene rings is 2. The minimum atomic E-state index is -0.138. The molecular weight excluding hydrogens is 368 g/mol. The fourth-order valence-electron chi connectivity index (χ4n) is 1.94. The second kappa shape index (κ2) is 8.99. The summed E-state index contributed by atoms with van der Waals surface area (Å²) in [6.07, 6.45) is 0. The van der Waals surface area contributed by atoms with Crippen LogP contribution < -0.4 is 15.0 Å². The summed E-state index contributed by atoms with van der Waals surface area (Å²) in [5.41, 5.74) is 1.60. The molecule has 0 aliphatic rings. The molecule has 0 spiro atoms. The first-order chi connectivity index (χ1) is 11.6. The Balaban J connectivity index is 1.78. The van der Waals surface area contributed by atoms with Crippen LogP contribution in [0.3, 0.4) is 0 Å². The molecule has 0 aliphatic carbocycles. The third-order valence-electron chi connectivity index (χ3n) is 3.19. The van der Waals surface area contributed by atoms with Gasteiger partial charge in [0.05, 0.1) is 6.54 Å². The van der Waals surface area contributed by atoms with Crippen LogP contribution >= 0.6 is 15.9 Å². The molecule has 24 heavy (non-hydrogen) atoms. The van der Waals surface area contributed by atoms with Crippen LogP contribution in [0.1, 0.15) is 10.4 Å². The van der Waals surface area contributed by atoms with E-state index in [0.717, 1.165) is 15.9 Å². The van der Waals surface area contributed by atoms with Crippen molar-refractivity contribution in [3.8, 4) is 17.6 Å². The van der Waals surface area contributed by atoms with Crippen LogP contribution in [0.25, 0.3) is 0 Å². The van der Waals surface area contributed by atoms with Gasteiger partial charge in [0, 0.05) is 29.8 Å². The fourth-order valence-corrected chi connectivity index (χ4v) is 2.32. The van der Waals surface area contributed by atoms with Gasteiger partial charge < -0.3 is 15.0 Å². The first kappa shape index (κ1) is 17.9. The summed E-state index contributed by atoms with van der Waals surface area (Å²) in [5.74, 6) is 6.37. The maximum Gasteiger partial charge on any atom is 0.252 e. The van der Waals surface area contributed by atoms with Gasteiger partial charge in [-0.1, -0.05) is 39.9 Å². The Bertz CT molecular complexity index is 763. The number of rotatable bonds is 5. The van der Waals surface area contributed by atoms with Gasteiger partial charge in [-0.25, -0.2) is 0 Å². The summed E-state index contributed by atoms with van der Waals surface area (Å²) in [5, 5.41) is 2.78. The molecule has 0 aliphatic heterocycles. The maximum atomic E-state index is 12.1. The van der Waals surface area contributed by atoms with Crippen molar-refractivity contribution in [1.29, 1.82) is 0 Å². The molecule has 0 fully saturated rings. The molecule has 1 N–H and O–H groups in total. The minimum Gasteiger partial charge on any atom is -0.481 e. The highest BCUT2D eigenvalue weighted by molar-refractivity contribution is 9.10. The smallest absolute Gasteiger partial charge is 0.252 e. The van der Waals surface area contributed by atoms with Gasteiger partial charge in [0.1, 0.15) is 12.4 Å². The lowest BCUT2D eigenvalue weighted by molar-refractivity contribution is 0.0958. The minimum absolute atomic E-state index is 0.138. The summed E-state index contributed by atoms with van der Waals surface area (Å²) in [6.45, 7) is 0.565. The topological polar surface area (TPSA) is 41.6 Å². The van der Waals surface area contributed by atoms with Crippen LogP contribution in [0.2, 0.25) is 0 Å². The lowest BCUT2D eigenvalue weighted by atomic mass is 10.2. The highest BCUT2D eigenvalue weighted by Gasteiger charge is 2.05. The Morgan fingerprint density at radius 1 is 1.17 bits per heavy atom. The molecule has 0 saturated carbocycles. The van der Waals surface area contributed by atoms with Crippen molar-refractivity contribution in [2.45, 2.75) is 0 Å². The van der Waals surface area contributed by atoms with Crippen molar-refractivity contribution in [3.05, 3.63) is 58.6 Å². The van der Waals surface area contributed by atoms with E-state index in [2.05, 4.69) is 33.1 Å². The van der Waals surface area contributed by atoms with Crippen LogP contribution in [0.5, 0.6) is 5.75 Å². The standard InChI is InChI=1S/C19H19BrN2O2/c1-22(2)17-9-5-7-15(13-17)19(23)21-11-3-4-12-24-18-10-6-8-16(20)14-18/h5-10,13-14H,11-12H2,1-2H3,(H,21,23). The third kappa shape index (κ3) is 5.64. The van der Waals surface area contributed by atoms with E-state index in [1.807, 2.05) is 61.5 Å². The molecular formula is C19H19BrN2O2. The van der Waals surface area contributed by atoms with E-state index in [1.54, 1.807) is 6.07 Å². The molecule has 124 valence electrons. The van der Waals surface area contributed by atoms with Crippen molar-refractivity contribution in [1.82, 2.24) is 5.32 Å². The molecule has 1 amide bonds. The van der Waals surface area contributed by atoms with E-state index in [9.17, 15) is 4.79 Å². The molecule has 0 atom stereocenters. The van der Waals surface area contributed by atoms with E-state index >= 15 is 0 Å². The van der Waals surface area contributed by atoms with Crippen molar-refractivity contribution in [3.63, 3.8) is 0 Å². The van der Waals surface area contributed by atoms with Gasteiger partial charge in [-0.15, -0.1) is 0 Å². The lowest BCUT2D eigenvalue weighted by Gasteiger charge is -2.13. The van der Waals surface area contributed by atoms with Crippen LogP contribution in [0, 0.1) is 11.8 Å². The Kier molecular flexibility index (Phi) is 6.71. The first-order valence-corrected chi connectivity index (χ1v) is 8.25. The van der Waals surface area contributed by atoms with Gasteiger partial charge in [-0.2, -0.15) is 0 Å². The summed E-state index contributed by atoms with van der Waals surface area (Å²) >= 11 is 3.38. The molecule has 2 rings (SSSR count). The summed E-state index contributed by atoms with van der Waals surface area (Å²) in [6, 6.07) is 15.0. The lowest BCUT2D eigenvalue weighted by Crippen LogP contribution is -2.24. The van der Waals surface area contributed by atoms with Gasteiger partial charge in [0.15, 0.2) is 0 Å². The molecule has 0 unspecified atom stereocenters. The number of halogens is 1. The second-order valence-electron chi connectivity index (χ2n) is 5.23. The van der Waals surface area contributed by atoms with Crippen LogP contribution in [-0.4, -0.2) is 33.2 Å². The highest BCUT2D eigenvalue weighted by atomic mass is 79.9. The van der Waals surface area contributed by atoms with Crippen LogP contribution in [-0.2, 0) is 0 Å². The summed E-state index contributed by atoms with van der Waals surface area (Å²) < 4.78 is 6.46. The number of anilines is 1. The van der Waals surface area contributed by atoms with Crippen LogP contribution in [0.4, 0.5) is 5.69 Å². The second-order valence-corrected chi connectivity index (χ2v) is 6.14. The maximum absolute atomic E-state index is 12.1. The fraction of sp³-hybridized carbons (Fsp3) is 0.211. The third-order valence-corrected chi connectivity index (χ3v) is 3.69. The average Bonchev–Trinajstić information content (AvgIpc) is 2.58. The normalized spacial score (nSPS) is 9.62. The number of amides is 1. The van der Waals surface area contributed by atoms with Crippen molar-refractivity contribution in [2.75, 3.05) is 32.1 Å². The highest BCUT2D eigenvalue weighted by Crippen LogP contribution is 2.17. The quantitative estimate of drug-likeness (QED) is 0.801. The Morgan fingerprint density at radius 3 is 2.71 bits per heavy atom. The largest absolute Gasteiger partial charge is 0.481 e. The monoisotopic (exact) mass is 386 g/mol. The van der Waals surface area contributed by atoms with E-state index in [-0.39, 0.29) is 19.1 Å². The van der Waals surface area contributed by atoms with Gasteiger partial charge in [-0.3, -0.25) is 4.79 Å². The van der Waals surface area contributed by atoms with Gasteiger partial charge in [0.2, 0.25) is 0 Å². The zero-order chi connectivity index (χ0) is 17.4. The van der Waals surface area contributed by atoms with Crippen molar-refractivity contribution in [2.24, 2.45) is 0 Å². The SMILES string of the molecule is CN(C)c1cccc(C(=O)NCC#CCOc2cccc(Br)c2)c1. The number of ether oxygens (including phenoxy) is 1. The van der Waals surface area contributed by atoms with Crippen LogP contribution in [0.15, 0.2) is 53.0 Å². The predicted molar refractivity (Wildman–Crippen MR) is 101 cm³/mol. The van der Waals surface area contributed by atoms with E-state index in [1.165, 1.54) is 0 Å². The Morgan fingerprint density at radius 2 is 1.96 bits per heavy atom. The Hall–Kier alpha value is -2.45. The molecule has 2 aromatic carbocycles. The van der Waals surface area contributed by atoms with Crippen molar-refractivity contribution >= 4 is 27.5 Å². The number of nitrogens with zero attached hydrogens (tertiary/aromatic N) is 1. The summed E-state index contributed by atoms with van der Waals surface area (Å²) in [4.78, 5) is 14.0. The Labute approximate surface area is 150 Å². The van der Waals surface area contributed by atoms with Gasteiger partial charge in [-0.05, 0) is 36.4 Å². The molecule has 0 saturated heterocycles. The van der Waals surface area contributed by atoms with Crippen molar-refractivity contribution < 1.29 is 9.53 Å².